The molecule has 78 valence electrons. The van der Waals surface area contributed by atoms with E-state index < -0.39 is 0 Å². The zero-order valence-corrected chi connectivity index (χ0v) is 9.55. The van der Waals surface area contributed by atoms with Crippen molar-refractivity contribution in [2.45, 2.75) is 32.4 Å². The van der Waals surface area contributed by atoms with Crippen molar-refractivity contribution in [2.24, 2.45) is 0 Å². The van der Waals surface area contributed by atoms with Crippen LogP contribution in [-0.4, -0.2) is 27.3 Å². The summed E-state index contributed by atoms with van der Waals surface area (Å²) in [5.41, 5.74) is 0. The summed E-state index contributed by atoms with van der Waals surface area (Å²) in [5, 5.41) is 7.93. The summed E-state index contributed by atoms with van der Waals surface area (Å²) in [6.07, 6.45) is 3.30. The summed E-state index contributed by atoms with van der Waals surface area (Å²) in [4.78, 5) is 0. The SMILES string of the molecule is CC(C)n1ccc(NC2CCSC2)n1. The van der Waals surface area contributed by atoms with Gasteiger partial charge in [-0.2, -0.15) is 16.9 Å². The number of nitrogens with zero attached hydrogens (tertiary/aromatic N) is 2. The minimum absolute atomic E-state index is 0.448. The minimum atomic E-state index is 0.448. The predicted molar refractivity (Wildman–Crippen MR) is 62.0 cm³/mol. The van der Waals surface area contributed by atoms with Gasteiger partial charge >= 0.3 is 0 Å². The van der Waals surface area contributed by atoms with Gasteiger partial charge in [0, 0.05) is 30.1 Å². The molecular formula is C10H17N3S. The topological polar surface area (TPSA) is 29.9 Å². The van der Waals surface area contributed by atoms with Crippen LogP contribution in [0, 0.1) is 0 Å². The molecule has 1 aromatic rings. The van der Waals surface area contributed by atoms with Gasteiger partial charge in [0.05, 0.1) is 0 Å². The Kier molecular flexibility index (Phi) is 3.01. The van der Waals surface area contributed by atoms with E-state index in [-0.39, 0.29) is 0 Å². The van der Waals surface area contributed by atoms with Crippen LogP contribution in [0.4, 0.5) is 5.82 Å². The first-order chi connectivity index (χ1) is 6.75. The Morgan fingerprint density at radius 1 is 1.64 bits per heavy atom. The van der Waals surface area contributed by atoms with Crippen LogP contribution in [0.15, 0.2) is 12.3 Å². The van der Waals surface area contributed by atoms with E-state index >= 15 is 0 Å². The second-order valence-electron chi connectivity index (χ2n) is 3.98. The van der Waals surface area contributed by atoms with E-state index in [1.807, 2.05) is 22.6 Å². The molecule has 0 spiro atoms. The molecule has 4 heteroatoms. The van der Waals surface area contributed by atoms with Crippen LogP contribution >= 0.6 is 11.8 Å². The molecular weight excluding hydrogens is 194 g/mol. The van der Waals surface area contributed by atoms with Gasteiger partial charge in [0.2, 0.25) is 0 Å². The maximum absolute atomic E-state index is 4.47. The van der Waals surface area contributed by atoms with Gasteiger partial charge in [-0.1, -0.05) is 0 Å². The van der Waals surface area contributed by atoms with E-state index in [2.05, 4.69) is 30.3 Å². The van der Waals surface area contributed by atoms with Gasteiger partial charge in [0.25, 0.3) is 0 Å². The van der Waals surface area contributed by atoms with Gasteiger partial charge < -0.3 is 5.32 Å². The smallest absolute Gasteiger partial charge is 0.148 e. The van der Waals surface area contributed by atoms with Crippen LogP contribution in [0.3, 0.4) is 0 Å². The molecule has 0 aliphatic carbocycles. The fourth-order valence-electron chi connectivity index (χ4n) is 1.56. The molecule has 1 aromatic heterocycles. The van der Waals surface area contributed by atoms with Crippen molar-refractivity contribution < 1.29 is 0 Å². The quantitative estimate of drug-likeness (QED) is 0.832. The largest absolute Gasteiger partial charge is 0.365 e. The molecule has 0 bridgehead atoms. The van der Waals surface area contributed by atoms with Crippen molar-refractivity contribution in [3.8, 4) is 0 Å². The Morgan fingerprint density at radius 2 is 2.50 bits per heavy atom. The van der Waals surface area contributed by atoms with E-state index in [1.165, 1.54) is 17.9 Å². The van der Waals surface area contributed by atoms with Crippen LogP contribution in [-0.2, 0) is 0 Å². The first-order valence-corrected chi connectivity index (χ1v) is 6.30. The molecule has 0 aromatic carbocycles. The average Bonchev–Trinajstić information content (AvgIpc) is 2.75. The number of hydrogen-bond acceptors (Lipinski definition) is 3. The molecule has 0 amide bonds. The predicted octanol–water partition coefficient (Wildman–Crippen LogP) is 2.38. The summed E-state index contributed by atoms with van der Waals surface area (Å²) in [6.45, 7) is 4.28. The Labute approximate surface area is 89.3 Å². The normalized spacial score (nSPS) is 21.8. The van der Waals surface area contributed by atoms with E-state index in [9.17, 15) is 0 Å². The van der Waals surface area contributed by atoms with Gasteiger partial charge in [0.15, 0.2) is 0 Å². The highest BCUT2D eigenvalue weighted by atomic mass is 32.2. The monoisotopic (exact) mass is 211 g/mol. The highest BCUT2D eigenvalue weighted by molar-refractivity contribution is 7.99. The lowest BCUT2D eigenvalue weighted by Gasteiger charge is -2.10. The summed E-state index contributed by atoms with van der Waals surface area (Å²) >= 11 is 2.02. The summed E-state index contributed by atoms with van der Waals surface area (Å²) < 4.78 is 1.99. The molecule has 1 N–H and O–H groups in total. The summed E-state index contributed by atoms with van der Waals surface area (Å²) in [5.74, 6) is 3.52. The third kappa shape index (κ3) is 2.23. The molecule has 14 heavy (non-hydrogen) atoms. The van der Waals surface area contributed by atoms with Gasteiger partial charge in [-0.25, -0.2) is 0 Å². The van der Waals surface area contributed by atoms with Crippen molar-refractivity contribution in [3.05, 3.63) is 12.3 Å². The van der Waals surface area contributed by atoms with Crippen molar-refractivity contribution in [3.63, 3.8) is 0 Å². The van der Waals surface area contributed by atoms with Crippen LogP contribution in [0.5, 0.6) is 0 Å². The molecule has 1 unspecified atom stereocenters. The van der Waals surface area contributed by atoms with Crippen LogP contribution in [0.25, 0.3) is 0 Å². The molecule has 1 aliphatic heterocycles. The van der Waals surface area contributed by atoms with E-state index in [4.69, 9.17) is 0 Å². The lowest BCUT2D eigenvalue weighted by molar-refractivity contribution is 0.533. The first kappa shape index (κ1) is 9.90. The maximum Gasteiger partial charge on any atom is 0.148 e. The lowest BCUT2D eigenvalue weighted by atomic mass is 10.3. The summed E-state index contributed by atoms with van der Waals surface area (Å²) in [7, 11) is 0. The summed E-state index contributed by atoms with van der Waals surface area (Å²) in [6, 6.07) is 3.13. The fraction of sp³-hybridized carbons (Fsp3) is 0.700. The molecule has 1 fully saturated rings. The second kappa shape index (κ2) is 4.26. The van der Waals surface area contributed by atoms with E-state index in [0.29, 0.717) is 12.1 Å². The Hall–Kier alpha value is -0.640. The standard InChI is InChI=1S/C10H17N3S/c1-8(2)13-5-3-10(12-13)11-9-4-6-14-7-9/h3,5,8-9H,4,6-7H2,1-2H3,(H,11,12). The molecule has 1 saturated heterocycles. The molecule has 1 aliphatic rings. The van der Waals surface area contributed by atoms with E-state index in [1.54, 1.807) is 0 Å². The zero-order valence-electron chi connectivity index (χ0n) is 8.73. The molecule has 1 atom stereocenters. The highest BCUT2D eigenvalue weighted by Crippen LogP contribution is 2.20. The van der Waals surface area contributed by atoms with Gasteiger partial charge in [-0.3, -0.25) is 4.68 Å². The third-order valence-electron chi connectivity index (χ3n) is 2.42. The van der Waals surface area contributed by atoms with E-state index in [0.717, 1.165) is 5.82 Å². The van der Waals surface area contributed by atoms with Gasteiger partial charge in [0.1, 0.15) is 5.82 Å². The molecule has 0 radical (unpaired) electrons. The Balaban J connectivity index is 1.95. The number of nitrogens with one attached hydrogen (secondary N) is 1. The minimum Gasteiger partial charge on any atom is -0.365 e. The lowest BCUT2D eigenvalue weighted by Crippen LogP contribution is -2.18. The maximum atomic E-state index is 4.47. The average molecular weight is 211 g/mol. The van der Waals surface area contributed by atoms with Crippen molar-refractivity contribution in [1.29, 1.82) is 0 Å². The van der Waals surface area contributed by atoms with Gasteiger partial charge in [-0.05, 0) is 26.0 Å². The number of hydrogen-bond donors (Lipinski definition) is 1. The van der Waals surface area contributed by atoms with Crippen molar-refractivity contribution in [2.75, 3.05) is 16.8 Å². The number of rotatable bonds is 3. The van der Waals surface area contributed by atoms with Crippen LogP contribution in [0.2, 0.25) is 0 Å². The Bertz CT molecular complexity index is 289. The fourth-order valence-corrected chi connectivity index (χ4v) is 2.71. The molecule has 2 rings (SSSR count). The molecule has 2 heterocycles. The molecule has 0 saturated carbocycles. The highest BCUT2D eigenvalue weighted by Gasteiger charge is 2.15. The number of thioether (sulfide) groups is 1. The number of anilines is 1. The van der Waals surface area contributed by atoms with Crippen molar-refractivity contribution in [1.82, 2.24) is 9.78 Å². The molecule has 3 nitrogen and oxygen atoms in total. The van der Waals surface area contributed by atoms with Crippen LogP contribution in [0.1, 0.15) is 26.3 Å². The zero-order chi connectivity index (χ0) is 9.97. The Morgan fingerprint density at radius 3 is 3.07 bits per heavy atom. The van der Waals surface area contributed by atoms with Gasteiger partial charge in [-0.15, -0.1) is 0 Å². The van der Waals surface area contributed by atoms with Crippen LogP contribution < -0.4 is 5.32 Å². The third-order valence-corrected chi connectivity index (χ3v) is 3.58. The van der Waals surface area contributed by atoms with Crippen molar-refractivity contribution >= 4 is 17.6 Å². The second-order valence-corrected chi connectivity index (χ2v) is 5.13. The number of aromatic nitrogens is 2. The first-order valence-electron chi connectivity index (χ1n) is 5.15.